The molecule has 202 valence electrons. The number of cyclic esters (lactones) is 1. The van der Waals surface area contributed by atoms with Crippen molar-refractivity contribution in [3.63, 3.8) is 0 Å². The van der Waals surface area contributed by atoms with Gasteiger partial charge < -0.3 is 30.9 Å². The molecule has 2 aliphatic rings. The molecule has 4 rings (SSSR count). The minimum Gasteiger partial charge on any atom is -0.505 e. The Morgan fingerprint density at radius 3 is 2.42 bits per heavy atom. The summed E-state index contributed by atoms with van der Waals surface area (Å²) >= 11 is 0. The number of hydrogen-bond donors (Lipinski definition) is 5. The third-order valence-corrected chi connectivity index (χ3v) is 6.91. The molecular weight excluding hydrogens is 492 g/mol. The SMILES string of the molecule is C[C@H]1NC(=O)C(C2CC2)OC(=O)[C@H](C)[C@H](O)[C@H](Cc2ccccc2)NC(=O)[C@H]1NC(=O)c1ncccc1O. The fourth-order valence-corrected chi connectivity index (χ4v) is 4.47. The highest BCUT2D eigenvalue weighted by atomic mass is 16.6. The van der Waals surface area contributed by atoms with Crippen molar-refractivity contribution in [2.75, 3.05) is 0 Å². The maximum atomic E-state index is 13.6. The van der Waals surface area contributed by atoms with Gasteiger partial charge in [0.05, 0.1) is 24.1 Å². The summed E-state index contributed by atoms with van der Waals surface area (Å²) in [5.41, 5.74) is 0.518. The smallest absolute Gasteiger partial charge is 0.312 e. The first kappa shape index (κ1) is 27.1. The van der Waals surface area contributed by atoms with Crippen molar-refractivity contribution in [3.05, 3.63) is 59.9 Å². The molecule has 1 saturated carbocycles. The van der Waals surface area contributed by atoms with Gasteiger partial charge in [0.25, 0.3) is 11.8 Å². The number of aromatic hydroxyl groups is 1. The third kappa shape index (κ3) is 6.28. The molecule has 2 heterocycles. The first-order chi connectivity index (χ1) is 18.2. The number of ether oxygens (including phenoxy) is 1. The van der Waals surface area contributed by atoms with Crippen LogP contribution in [0.25, 0.3) is 0 Å². The van der Waals surface area contributed by atoms with Crippen LogP contribution in [0.15, 0.2) is 48.7 Å². The lowest BCUT2D eigenvalue weighted by molar-refractivity contribution is -0.165. The van der Waals surface area contributed by atoms with Crippen LogP contribution in [0.1, 0.15) is 42.7 Å². The summed E-state index contributed by atoms with van der Waals surface area (Å²) in [5, 5.41) is 29.2. The highest BCUT2D eigenvalue weighted by Crippen LogP contribution is 2.35. The number of carbonyl (C=O) groups is 4. The number of nitrogens with one attached hydrogen (secondary N) is 3. The summed E-state index contributed by atoms with van der Waals surface area (Å²) in [6.45, 7) is 3.01. The minimum atomic E-state index is -1.35. The number of carbonyl (C=O) groups excluding carboxylic acids is 4. The molecule has 11 heteroatoms. The molecule has 6 atom stereocenters. The van der Waals surface area contributed by atoms with E-state index in [1.54, 1.807) is 0 Å². The average Bonchev–Trinajstić information content (AvgIpc) is 3.74. The maximum absolute atomic E-state index is 13.6. The van der Waals surface area contributed by atoms with Gasteiger partial charge in [-0.2, -0.15) is 0 Å². The van der Waals surface area contributed by atoms with Crippen LogP contribution in [0, 0.1) is 11.8 Å². The van der Waals surface area contributed by atoms with Crippen LogP contribution < -0.4 is 16.0 Å². The molecule has 3 amide bonds. The van der Waals surface area contributed by atoms with Crippen LogP contribution >= 0.6 is 0 Å². The van der Waals surface area contributed by atoms with Crippen molar-refractivity contribution in [2.45, 2.75) is 63.4 Å². The van der Waals surface area contributed by atoms with E-state index >= 15 is 0 Å². The van der Waals surface area contributed by atoms with Gasteiger partial charge in [-0.25, -0.2) is 4.98 Å². The van der Waals surface area contributed by atoms with Gasteiger partial charge in [-0.3, -0.25) is 19.2 Å². The molecule has 1 aliphatic heterocycles. The van der Waals surface area contributed by atoms with E-state index in [4.69, 9.17) is 4.74 Å². The number of pyridine rings is 1. The molecule has 0 radical (unpaired) electrons. The molecule has 1 aromatic carbocycles. The van der Waals surface area contributed by atoms with Gasteiger partial charge in [-0.1, -0.05) is 30.3 Å². The number of rotatable bonds is 5. The highest BCUT2D eigenvalue weighted by Gasteiger charge is 2.44. The Balaban J connectivity index is 1.66. The second-order valence-corrected chi connectivity index (χ2v) is 9.90. The Morgan fingerprint density at radius 1 is 1.05 bits per heavy atom. The molecule has 2 fully saturated rings. The highest BCUT2D eigenvalue weighted by molar-refractivity contribution is 5.98. The fourth-order valence-electron chi connectivity index (χ4n) is 4.47. The average molecular weight is 525 g/mol. The lowest BCUT2D eigenvalue weighted by Gasteiger charge is -2.33. The van der Waals surface area contributed by atoms with Crippen molar-refractivity contribution in [1.82, 2.24) is 20.9 Å². The van der Waals surface area contributed by atoms with Gasteiger partial charge in [0.2, 0.25) is 5.91 Å². The molecule has 1 aliphatic carbocycles. The largest absolute Gasteiger partial charge is 0.505 e. The third-order valence-electron chi connectivity index (χ3n) is 6.91. The summed E-state index contributed by atoms with van der Waals surface area (Å²) in [4.78, 5) is 56.4. The van der Waals surface area contributed by atoms with Crippen LogP contribution in [-0.4, -0.2) is 69.2 Å². The van der Waals surface area contributed by atoms with Crippen molar-refractivity contribution >= 4 is 23.7 Å². The molecule has 0 spiro atoms. The van der Waals surface area contributed by atoms with Gasteiger partial charge in [0.15, 0.2) is 11.8 Å². The van der Waals surface area contributed by atoms with Crippen molar-refractivity contribution in [2.24, 2.45) is 11.8 Å². The van der Waals surface area contributed by atoms with E-state index in [0.29, 0.717) is 12.8 Å². The second kappa shape index (κ2) is 11.6. The number of aliphatic hydroxyl groups is 1. The van der Waals surface area contributed by atoms with Crippen molar-refractivity contribution in [1.29, 1.82) is 0 Å². The van der Waals surface area contributed by atoms with Gasteiger partial charge in [0.1, 0.15) is 11.8 Å². The normalized spacial score (nSPS) is 28.7. The predicted octanol–water partition coefficient (Wildman–Crippen LogP) is 0.450. The van der Waals surface area contributed by atoms with Gasteiger partial charge in [-0.15, -0.1) is 0 Å². The summed E-state index contributed by atoms with van der Waals surface area (Å²) in [7, 11) is 0. The standard InChI is InChI=1S/C27H32N4O7/c1-14-22(33)18(13-16-7-4-3-5-8-16)30-24(34)20(31-25(35)21-19(32)9-6-12-28-21)15(2)29-26(36)23(17-10-11-17)38-27(14)37/h3-9,12,14-15,17-18,20,22-23,32-33H,10-11,13H2,1-2H3,(H,29,36)(H,30,34)(H,31,35)/t14-,15-,18+,20+,22+,23?/m1/s1. The number of aliphatic hydroxyl groups excluding tert-OH is 1. The molecule has 1 saturated heterocycles. The Hall–Kier alpha value is -3.99. The number of nitrogens with zero attached hydrogens (tertiary/aromatic N) is 1. The second-order valence-electron chi connectivity index (χ2n) is 9.90. The van der Waals surface area contributed by atoms with E-state index in [1.807, 2.05) is 30.3 Å². The van der Waals surface area contributed by atoms with E-state index in [0.717, 1.165) is 5.56 Å². The van der Waals surface area contributed by atoms with Crippen LogP contribution in [0.3, 0.4) is 0 Å². The zero-order valence-electron chi connectivity index (χ0n) is 21.2. The quantitative estimate of drug-likeness (QED) is 0.352. The molecule has 1 unspecified atom stereocenters. The van der Waals surface area contributed by atoms with E-state index in [2.05, 4.69) is 20.9 Å². The van der Waals surface area contributed by atoms with Crippen molar-refractivity contribution < 1.29 is 34.1 Å². The molecule has 38 heavy (non-hydrogen) atoms. The zero-order valence-corrected chi connectivity index (χ0v) is 21.2. The molecule has 2 aromatic rings. The Kier molecular flexibility index (Phi) is 8.26. The molecule has 11 nitrogen and oxygen atoms in total. The van der Waals surface area contributed by atoms with Gasteiger partial charge >= 0.3 is 5.97 Å². The lowest BCUT2D eigenvalue weighted by atomic mass is 9.92. The summed E-state index contributed by atoms with van der Waals surface area (Å²) in [6, 6.07) is 8.70. The molecule has 1 aromatic heterocycles. The van der Waals surface area contributed by atoms with Crippen molar-refractivity contribution in [3.8, 4) is 5.75 Å². The van der Waals surface area contributed by atoms with Gasteiger partial charge in [0, 0.05) is 12.1 Å². The Labute approximate surface area is 220 Å². The minimum absolute atomic E-state index is 0.161. The summed E-state index contributed by atoms with van der Waals surface area (Å²) in [5.74, 6) is -4.42. The van der Waals surface area contributed by atoms with E-state index in [9.17, 15) is 29.4 Å². The van der Waals surface area contributed by atoms with Crippen LogP contribution in [0.4, 0.5) is 0 Å². The van der Waals surface area contributed by atoms with Gasteiger partial charge in [-0.05, 0) is 50.8 Å². The molecular formula is C27H32N4O7. The summed E-state index contributed by atoms with van der Waals surface area (Å²) < 4.78 is 5.56. The van der Waals surface area contributed by atoms with E-state index in [1.165, 1.54) is 32.2 Å². The van der Waals surface area contributed by atoms with E-state index in [-0.39, 0.29) is 23.8 Å². The number of hydrogen-bond acceptors (Lipinski definition) is 8. The monoisotopic (exact) mass is 524 g/mol. The van der Waals surface area contributed by atoms with Crippen LogP contribution in [-0.2, 0) is 25.5 Å². The Morgan fingerprint density at radius 2 is 1.76 bits per heavy atom. The fraction of sp³-hybridized carbons (Fsp3) is 0.444. The Bertz CT molecular complexity index is 1190. The topological polar surface area (TPSA) is 167 Å². The van der Waals surface area contributed by atoms with E-state index < -0.39 is 59.9 Å². The number of amides is 3. The summed E-state index contributed by atoms with van der Waals surface area (Å²) in [6.07, 6.45) is 0.495. The maximum Gasteiger partial charge on any atom is 0.312 e. The number of aromatic nitrogens is 1. The zero-order chi connectivity index (χ0) is 27.4. The predicted molar refractivity (Wildman–Crippen MR) is 135 cm³/mol. The first-order valence-corrected chi connectivity index (χ1v) is 12.6. The molecule has 5 N–H and O–H groups in total. The number of benzene rings is 1. The lowest BCUT2D eigenvalue weighted by Crippen LogP contribution is -2.62. The van der Waals surface area contributed by atoms with Crippen LogP contribution in [0.5, 0.6) is 5.75 Å². The molecule has 0 bridgehead atoms. The van der Waals surface area contributed by atoms with Crippen LogP contribution in [0.2, 0.25) is 0 Å². The first-order valence-electron chi connectivity index (χ1n) is 12.6. The number of esters is 1.